The van der Waals surface area contributed by atoms with Crippen LogP contribution < -0.4 is 16.2 Å². The number of hydrogen-bond acceptors (Lipinski definition) is 8. The van der Waals surface area contributed by atoms with E-state index in [1.54, 1.807) is 46.4 Å². The lowest BCUT2D eigenvalue weighted by atomic mass is 9.97. The summed E-state index contributed by atoms with van der Waals surface area (Å²) in [6.07, 6.45) is 7.09. The van der Waals surface area contributed by atoms with Crippen molar-refractivity contribution in [3.63, 3.8) is 0 Å². The predicted octanol–water partition coefficient (Wildman–Crippen LogP) is 3.69. The summed E-state index contributed by atoms with van der Waals surface area (Å²) in [4.78, 5) is 44.6. The molecule has 4 aromatic heterocycles. The van der Waals surface area contributed by atoms with E-state index in [4.69, 9.17) is 13.8 Å². The number of amides is 3. The highest BCUT2D eigenvalue weighted by Gasteiger charge is 2.23. The Morgan fingerprint density at radius 3 is 2.65 bits per heavy atom. The number of aromatic nitrogens is 2. The molecule has 0 atom stereocenters. The minimum absolute atomic E-state index is 0.0740. The molecule has 9 nitrogen and oxygen atoms in total. The van der Waals surface area contributed by atoms with Gasteiger partial charge in [-0.1, -0.05) is 11.8 Å². The maximum absolute atomic E-state index is 13.5. The van der Waals surface area contributed by atoms with Crippen LogP contribution in [0.4, 0.5) is 4.79 Å². The van der Waals surface area contributed by atoms with Crippen molar-refractivity contribution in [2.75, 3.05) is 5.75 Å². The van der Waals surface area contributed by atoms with Crippen molar-refractivity contribution >= 4 is 45.3 Å². The molecule has 1 aliphatic rings. The number of fused-ring (bicyclic) bond motifs is 3. The van der Waals surface area contributed by atoms with E-state index in [1.807, 2.05) is 0 Å². The normalized spacial score (nSPS) is 13.1. The first-order chi connectivity index (χ1) is 16.6. The standard InChI is InChI=1S/C23H22N4O5S2/c28-18(25-22(30)24-11-14-5-3-9-31-14)13-33-23-26-20-19(16-7-1-2-8-17(16)34-20)21(29)27(23)12-15-6-4-10-32-15/h3-6,9-10H,1-2,7-8,11-13H2,(H2,24,25,28,30). The average molecular weight is 499 g/mol. The Hall–Kier alpha value is -3.31. The van der Waals surface area contributed by atoms with Crippen LogP contribution in [0.25, 0.3) is 10.2 Å². The van der Waals surface area contributed by atoms with E-state index in [-0.39, 0.29) is 24.4 Å². The average Bonchev–Trinajstić information content (AvgIpc) is 3.59. The van der Waals surface area contributed by atoms with E-state index >= 15 is 0 Å². The molecule has 5 rings (SSSR count). The lowest BCUT2D eigenvalue weighted by molar-refractivity contribution is -0.117. The molecule has 0 bridgehead atoms. The van der Waals surface area contributed by atoms with Gasteiger partial charge in [-0.05, 0) is 55.5 Å². The van der Waals surface area contributed by atoms with Gasteiger partial charge in [0.25, 0.3) is 5.56 Å². The zero-order chi connectivity index (χ0) is 23.5. The Morgan fingerprint density at radius 1 is 1.12 bits per heavy atom. The molecule has 0 aromatic carbocycles. The first kappa shape index (κ1) is 22.5. The van der Waals surface area contributed by atoms with Crippen molar-refractivity contribution < 1.29 is 18.4 Å². The van der Waals surface area contributed by atoms with E-state index in [1.165, 1.54) is 11.1 Å². The van der Waals surface area contributed by atoms with Gasteiger partial charge in [-0.2, -0.15) is 0 Å². The highest BCUT2D eigenvalue weighted by Crippen LogP contribution is 2.34. The highest BCUT2D eigenvalue weighted by molar-refractivity contribution is 7.99. The van der Waals surface area contributed by atoms with Gasteiger partial charge in [-0.3, -0.25) is 19.5 Å². The summed E-state index contributed by atoms with van der Waals surface area (Å²) in [7, 11) is 0. The van der Waals surface area contributed by atoms with Crippen LogP contribution in [0.15, 0.2) is 55.6 Å². The maximum Gasteiger partial charge on any atom is 0.321 e. The number of carbonyl (C=O) groups is 2. The minimum atomic E-state index is -0.621. The second kappa shape index (κ2) is 9.90. The van der Waals surface area contributed by atoms with Crippen molar-refractivity contribution in [3.8, 4) is 0 Å². The summed E-state index contributed by atoms with van der Waals surface area (Å²) >= 11 is 2.68. The van der Waals surface area contributed by atoms with Crippen LogP contribution in [0.2, 0.25) is 0 Å². The molecule has 1 aliphatic carbocycles. The molecular formula is C23H22N4O5S2. The summed E-state index contributed by atoms with van der Waals surface area (Å²) in [5, 5.41) is 5.94. The molecule has 0 aliphatic heterocycles. The summed E-state index contributed by atoms with van der Waals surface area (Å²) in [5.74, 6) is 0.632. The fourth-order valence-electron chi connectivity index (χ4n) is 3.95. The third kappa shape index (κ3) is 4.80. The van der Waals surface area contributed by atoms with Gasteiger partial charge in [-0.15, -0.1) is 11.3 Å². The van der Waals surface area contributed by atoms with Crippen LogP contribution in [-0.2, 0) is 30.7 Å². The minimum Gasteiger partial charge on any atom is -0.467 e. The van der Waals surface area contributed by atoms with Crippen LogP contribution in [-0.4, -0.2) is 27.2 Å². The quantitative estimate of drug-likeness (QED) is 0.295. The van der Waals surface area contributed by atoms with Crippen LogP contribution in [0.3, 0.4) is 0 Å². The molecule has 4 heterocycles. The van der Waals surface area contributed by atoms with Crippen LogP contribution in [0.5, 0.6) is 0 Å². The Kier molecular flexibility index (Phi) is 6.54. The fraction of sp³-hybridized carbons (Fsp3) is 0.304. The van der Waals surface area contributed by atoms with E-state index in [0.717, 1.165) is 43.0 Å². The molecule has 11 heteroatoms. The molecule has 176 valence electrons. The second-order valence-electron chi connectivity index (χ2n) is 7.85. The molecule has 0 fully saturated rings. The van der Waals surface area contributed by atoms with Crippen molar-refractivity contribution in [1.29, 1.82) is 0 Å². The van der Waals surface area contributed by atoms with Gasteiger partial charge in [-0.25, -0.2) is 9.78 Å². The topological polar surface area (TPSA) is 119 Å². The van der Waals surface area contributed by atoms with Gasteiger partial charge in [0.2, 0.25) is 5.91 Å². The highest BCUT2D eigenvalue weighted by atomic mass is 32.2. The van der Waals surface area contributed by atoms with Crippen molar-refractivity contribution in [3.05, 3.63) is 69.1 Å². The molecule has 0 unspecified atom stereocenters. The third-order valence-corrected chi connectivity index (χ3v) is 7.68. The Balaban J connectivity index is 1.34. The molecule has 2 N–H and O–H groups in total. The van der Waals surface area contributed by atoms with Crippen LogP contribution in [0, 0.1) is 0 Å². The number of hydrogen-bond donors (Lipinski definition) is 2. The lowest BCUT2D eigenvalue weighted by Crippen LogP contribution is -2.40. The molecule has 0 saturated carbocycles. The Labute approximate surface area is 202 Å². The number of aryl methyl sites for hydroxylation is 2. The second-order valence-corrected chi connectivity index (χ2v) is 9.88. The zero-order valence-electron chi connectivity index (χ0n) is 18.2. The zero-order valence-corrected chi connectivity index (χ0v) is 19.8. The van der Waals surface area contributed by atoms with Crippen molar-refractivity contribution in [2.24, 2.45) is 0 Å². The Bertz CT molecular complexity index is 1370. The van der Waals surface area contributed by atoms with Crippen LogP contribution in [0.1, 0.15) is 34.8 Å². The maximum atomic E-state index is 13.5. The van der Waals surface area contributed by atoms with Gasteiger partial charge < -0.3 is 14.2 Å². The number of furan rings is 2. The SMILES string of the molecule is O=C(CSc1nc2sc3c(c2c(=O)n1Cc1ccco1)CCCC3)NC(=O)NCc1ccco1. The molecule has 0 spiro atoms. The van der Waals surface area contributed by atoms with Crippen LogP contribution >= 0.6 is 23.1 Å². The third-order valence-electron chi connectivity index (χ3n) is 5.52. The smallest absolute Gasteiger partial charge is 0.321 e. The van der Waals surface area contributed by atoms with E-state index in [0.29, 0.717) is 26.9 Å². The number of carbonyl (C=O) groups excluding carboxylic acids is 2. The fourth-order valence-corrected chi connectivity index (χ4v) is 6.05. The predicted molar refractivity (Wildman–Crippen MR) is 128 cm³/mol. The summed E-state index contributed by atoms with van der Waals surface area (Å²) in [5.41, 5.74) is 0.986. The number of rotatable bonds is 7. The number of nitrogens with zero attached hydrogens (tertiary/aromatic N) is 2. The van der Waals surface area contributed by atoms with Crippen molar-refractivity contribution in [1.82, 2.24) is 20.2 Å². The largest absolute Gasteiger partial charge is 0.467 e. The monoisotopic (exact) mass is 498 g/mol. The molecule has 4 aromatic rings. The molecular weight excluding hydrogens is 476 g/mol. The van der Waals surface area contributed by atoms with Gasteiger partial charge in [0, 0.05) is 4.88 Å². The number of thioether (sulfide) groups is 1. The Morgan fingerprint density at radius 2 is 1.88 bits per heavy atom. The number of nitrogens with one attached hydrogen (secondary N) is 2. The molecule has 0 radical (unpaired) electrons. The molecule has 34 heavy (non-hydrogen) atoms. The number of imide groups is 1. The van der Waals surface area contributed by atoms with Gasteiger partial charge >= 0.3 is 6.03 Å². The van der Waals surface area contributed by atoms with Gasteiger partial charge in [0.05, 0.1) is 36.8 Å². The van der Waals surface area contributed by atoms with Gasteiger partial charge in [0.1, 0.15) is 16.4 Å². The van der Waals surface area contributed by atoms with Gasteiger partial charge in [0.15, 0.2) is 5.16 Å². The number of thiophene rings is 1. The summed E-state index contributed by atoms with van der Waals surface area (Å²) < 4.78 is 12.2. The molecule has 0 saturated heterocycles. The summed E-state index contributed by atoms with van der Waals surface area (Å²) in [6.45, 7) is 0.385. The first-order valence-electron chi connectivity index (χ1n) is 10.9. The van der Waals surface area contributed by atoms with E-state index in [2.05, 4.69) is 10.6 Å². The van der Waals surface area contributed by atoms with Crippen molar-refractivity contribution in [2.45, 2.75) is 43.9 Å². The van der Waals surface area contributed by atoms with E-state index in [9.17, 15) is 14.4 Å². The number of urea groups is 1. The molecule has 3 amide bonds. The summed E-state index contributed by atoms with van der Waals surface area (Å²) in [6, 6.07) is 6.38. The first-order valence-corrected chi connectivity index (χ1v) is 12.7. The lowest BCUT2D eigenvalue weighted by Gasteiger charge is -2.13. The van der Waals surface area contributed by atoms with E-state index < -0.39 is 11.9 Å².